The summed E-state index contributed by atoms with van der Waals surface area (Å²) in [6.45, 7) is 4.49. The number of β-amino-alcohol motifs (C(OH)–C–C–N with tert-alkyl or cyclic N) is 1. The monoisotopic (exact) mass is 381 g/mol. The van der Waals surface area contributed by atoms with Crippen molar-refractivity contribution < 1.29 is 14.6 Å². The molecule has 0 saturated carbocycles. The number of aliphatic hydroxyl groups is 1. The van der Waals surface area contributed by atoms with Gasteiger partial charge in [-0.05, 0) is 30.2 Å². The minimum atomic E-state index is -0.548. The van der Waals surface area contributed by atoms with Crippen molar-refractivity contribution >= 4 is 11.7 Å². The molecule has 1 atom stereocenters. The van der Waals surface area contributed by atoms with Crippen molar-refractivity contribution in [2.75, 3.05) is 50.8 Å². The molecule has 1 saturated heterocycles. The first-order valence-corrected chi connectivity index (χ1v) is 9.93. The molecule has 2 aromatic carbocycles. The van der Waals surface area contributed by atoms with E-state index in [4.69, 9.17) is 4.74 Å². The molecule has 2 aliphatic heterocycles. The average molecular weight is 381 g/mol. The number of rotatable bonds is 5. The summed E-state index contributed by atoms with van der Waals surface area (Å²) >= 11 is 0. The van der Waals surface area contributed by atoms with Crippen molar-refractivity contribution in [2.24, 2.45) is 0 Å². The second kappa shape index (κ2) is 8.63. The van der Waals surface area contributed by atoms with E-state index in [9.17, 15) is 9.90 Å². The molecule has 0 bridgehead atoms. The summed E-state index contributed by atoms with van der Waals surface area (Å²) in [5.74, 6) is 0.767. The lowest BCUT2D eigenvalue weighted by Crippen LogP contribution is -2.54. The van der Waals surface area contributed by atoms with E-state index in [2.05, 4.69) is 11.0 Å². The van der Waals surface area contributed by atoms with Gasteiger partial charge >= 0.3 is 6.03 Å². The van der Waals surface area contributed by atoms with Crippen LogP contribution in [0.5, 0.6) is 5.75 Å². The summed E-state index contributed by atoms with van der Waals surface area (Å²) in [6.07, 6.45) is 0.378. The van der Waals surface area contributed by atoms with Crippen molar-refractivity contribution in [3.8, 4) is 5.75 Å². The zero-order valence-corrected chi connectivity index (χ0v) is 16.0. The zero-order chi connectivity index (χ0) is 19.3. The number of anilines is 1. The van der Waals surface area contributed by atoms with Gasteiger partial charge in [0, 0.05) is 45.0 Å². The molecule has 1 unspecified atom stereocenters. The molecule has 28 heavy (non-hydrogen) atoms. The number of carbonyl (C=O) groups excluding carboxylic acids is 1. The number of piperazine rings is 1. The highest BCUT2D eigenvalue weighted by Crippen LogP contribution is 2.28. The van der Waals surface area contributed by atoms with Gasteiger partial charge in [-0.2, -0.15) is 0 Å². The molecule has 0 radical (unpaired) electrons. The van der Waals surface area contributed by atoms with Gasteiger partial charge in [-0.15, -0.1) is 0 Å². The number of carbonyl (C=O) groups is 1. The number of amides is 2. The summed E-state index contributed by atoms with van der Waals surface area (Å²) in [5, 5.41) is 10.3. The molecule has 148 valence electrons. The minimum Gasteiger partial charge on any atom is -0.491 e. The van der Waals surface area contributed by atoms with Gasteiger partial charge in [0.2, 0.25) is 0 Å². The maximum Gasteiger partial charge on any atom is 0.324 e. The van der Waals surface area contributed by atoms with E-state index < -0.39 is 6.10 Å². The summed E-state index contributed by atoms with van der Waals surface area (Å²) in [5.41, 5.74) is 2.29. The van der Waals surface area contributed by atoms with Crippen LogP contribution in [0.3, 0.4) is 0 Å². The van der Waals surface area contributed by atoms with Crippen LogP contribution in [0.2, 0.25) is 0 Å². The molecule has 2 amide bonds. The van der Waals surface area contributed by atoms with E-state index in [-0.39, 0.29) is 12.6 Å². The van der Waals surface area contributed by atoms with Crippen LogP contribution in [-0.2, 0) is 6.42 Å². The van der Waals surface area contributed by atoms with Gasteiger partial charge in [0.25, 0.3) is 0 Å². The van der Waals surface area contributed by atoms with E-state index in [1.807, 2.05) is 58.3 Å². The molecule has 2 heterocycles. The number of aliphatic hydroxyl groups excluding tert-OH is 1. The third-order valence-electron chi connectivity index (χ3n) is 5.42. The molecule has 4 rings (SSSR count). The van der Waals surface area contributed by atoms with Gasteiger partial charge in [-0.3, -0.25) is 9.80 Å². The van der Waals surface area contributed by atoms with E-state index in [0.29, 0.717) is 19.6 Å². The minimum absolute atomic E-state index is 0.0950. The lowest BCUT2D eigenvalue weighted by atomic mass is 10.2. The molecular weight excluding hydrogens is 354 g/mol. The molecule has 0 spiro atoms. The highest BCUT2D eigenvalue weighted by atomic mass is 16.5. The van der Waals surface area contributed by atoms with Crippen molar-refractivity contribution in [2.45, 2.75) is 12.5 Å². The Kier molecular flexibility index (Phi) is 5.78. The van der Waals surface area contributed by atoms with Crippen LogP contribution < -0.4 is 9.64 Å². The van der Waals surface area contributed by atoms with Crippen LogP contribution in [0.25, 0.3) is 0 Å². The fraction of sp³-hybridized carbons (Fsp3) is 0.409. The molecule has 1 N–H and O–H groups in total. The quantitative estimate of drug-likeness (QED) is 0.863. The lowest BCUT2D eigenvalue weighted by Gasteiger charge is -2.37. The van der Waals surface area contributed by atoms with Crippen LogP contribution in [0, 0.1) is 0 Å². The van der Waals surface area contributed by atoms with E-state index >= 15 is 0 Å². The third kappa shape index (κ3) is 4.29. The predicted molar refractivity (Wildman–Crippen MR) is 109 cm³/mol. The SMILES string of the molecule is O=C(N1CCN(CC(O)COc2ccccc2)CC1)N1CCc2ccccc21. The average Bonchev–Trinajstić information content (AvgIpc) is 3.17. The molecule has 6 heteroatoms. The second-order valence-electron chi connectivity index (χ2n) is 7.38. The molecule has 0 aromatic heterocycles. The third-order valence-corrected chi connectivity index (χ3v) is 5.42. The number of nitrogens with zero attached hydrogens (tertiary/aromatic N) is 3. The summed E-state index contributed by atoms with van der Waals surface area (Å²) in [6, 6.07) is 17.8. The Hall–Kier alpha value is -2.57. The van der Waals surface area contributed by atoms with Crippen molar-refractivity contribution in [3.05, 3.63) is 60.2 Å². The highest BCUT2D eigenvalue weighted by molar-refractivity contribution is 5.94. The van der Waals surface area contributed by atoms with Gasteiger partial charge < -0.3 is 14.7 Å². The van der Waals surface area contributed by atoms with Crippen molar-refractivity contribution in [3.63, 3.8) is 0 Å². The van der Waals surface area contributed by atoms with Crippen LogP contribution in [0.1, 0.15) is 5.56 Å². The van der Waals surface area contributed by atoms with Gasteiger partial charge in [-0.25, -0.2) is 4.79 Å². The molecular formula is C22H27N3O3. The number of ether oxygens (including phenoxy) is 1. The zero-order valence-electron chi connectivity index (χ0n) is 16.0. The van der Waals surface area contributed by atoms with Gasteiger partial charge in [0.1, 0.15) is 18.5 Å². The number of hydrogen-bond acceptors (Lipinski definition) is 4. The van der Waals surface area contributed by atoms with Crippen molar-refractivity contribution in [1.82, 2.24) is 9.80 Å². The molecule has 1 fully saturated rings. The van der Waals surface area contributed by atoms with E-state index in [1.165, 1.54) is 5.56 Å². The fourth-order valence-corrected chi connectivity index (χ4v) is 3.89. The van der Waals surface area contributed by atoms with Crippen molar-refractivity contribution in [1.29, 1.82) is 0 Å². The van der Waals surface area contributed by atoms with Crippen LogP contribution in [0.4, 0.5) is 10.5 Å². The maximum atomic E-state index is 12.9. The first-order chi connectivity index (χ1) is 13.7. The van der Waals surface area contributed by atoms with Gasteiger partial charge in [0.15, 0.2) is 0 Å². The Morgan fingerprint density at radius 1 is 0.964 bits per heavy atom. The number of para-hydroxylation sites is 2. The van der Waals surface area contributed by atoms with Crippen LogP contribution in [-0.4, -0.2) is 72.9 Å². The van der Waals surface area contributed by atoms with Gasteiger partial charge in [0.05, 0.1) is 0 Å². The molecule has 0 aliphatic carbocycles. The fourth-order valence-electron chi connectivity index (χ4n) is 3.89. The maximum absolute atomic E-state index is 12.9. The predicted octanol–water partition coefficient (Wildman–Crippen LogP) is 2.23. The molecule has 2 aromatic rings. The Bertz CT molecular complexity index is 791. The lowest BCUT2D eigenvalue weighted by molar-refractivity contribution is 0.0521. The Morgan fingerprint density at radius 3 is 2.46 bits per heavy atom. The second-order valence-corrected chi connectivity index (χ2v) is 7.38. The number of urea groups is 1. The highest BCUT2D eigenvalue weighted by Gasteiger charge is 2.30. The van der Waals surface area contributed by atoms with Crippen LogP contribution in [0.15, 0.2) is 54.6 Å². The number of hydrogen-bond donors (Lipinski definition) is 1. The number of fused-ring (bicyclic) bond motifs is 1. The first kappa shape index (κ1) is 18.8. The molecule has 2 aliphatic rings. The Labute approximate surface area is 165 Å². The normalized spacial score (nSPS) is 18.0. The molecule has 6 nitrogen and oxygen atoms in total. The Balaban J connectivity index is 1.23. The summed E-state index contributed by atoms with van der Waals surface area (Å²) < 4.78 is 5.62. The smallest absolute Gasteiger partial charge is 0.324 e. The largest absolute Gasteiger partial charge is 0.491 e. The standard InChI is InChI=1S/C22H27N3O3/c26-19(17-28-20-7-2-1-3-8-20)16-23-12-14-24(15-13-23)22(27)25-11-10-18-6-4-5-9-21(18)25/h1-9,19,26H,10-17H2. The van der Waals surface area contributed by atoms with Gasteiger partial charge in [-0.1, -0.05) is 36.4 Å². The summed E-state index contributed by atoms with van der Waals surface area (Å²) in [7, 11) is 0. The first-order valence-electron chi connectivity index (χ1n) is 9.93. The number of benzene rings is 2. The van der Waals surface area contributed by atoms with E-state index in [0.717, 1.165) is 37.5 Å². The topological polar surface area (TPSA) is 56.3 Å². The summed E-state index contributed by atoms with van der Waals surface area (Å²) in [4.78, 5) is 18.9. The van der Waals surface area contributed by atoms with Crippen LogP contribution >= 0.6 is 0 Å². The Morgan fingerprint density at radius 2 is 1.68 bits per heavy atom. The van der Waals surface area contributed by atoms with E-state index in [1.54, 1.807) is 0 Å².